The Hall–Kier alpha value is -3.25. The smallest absolute Gasteiger partial charge is 0.192 e. The van der Waals surface area contributed by atoms with Gasteiger partial charge < -0.3 is 0 Å². The average Bonchev–Trinajstić information content (AvgIpc) is 3.18. The van der Waals surface area contributed by atoms with Crippen molar-refractivity contribution in [3.05, 3.63) is 100 Å². The summed E-state index contributed by atoms with van der Waals surface area (Å²) in [6.45, 7) is 6.59. The molecule has 0 amide bonds. The van der Waals surface area contributed by atoms with Crippen LogP contribution in [0.3, 0.4) is 0 Å². The third-order valence-electron chi connectivity index (χ3n) is 5.48. The molecule has 6 heteroatoms. The number of thioether (sulfide) groups is 1. The molecule has 3 aromatic carbocycles. The van der Waals surface area contributed by atoms with E-state index in [9.17, 15) is 9.18 Å². The molecule has 32 heavy (non-hydrogen) atoms. The van der Waals surface area contributed by atoms with Gasteiger partial charge in [-0.25, -0.2) is 4.39 Å². The largest absolute Gasteiger partial charge is 0.298 e. The predicted molar refractivity (Wildman–Crippen MR) is 127 cm³/mol. The fourth-order valence-electron chi connectivity index (χ4n) is 3.59. The summed E-state index contributed by atoms with van der Waals surface area (Å²) in [5.74, 6) is 0.672. The van der Waals surface area contributed by atoms with Gasteiger partial charge in [0.05, 0.1) is 12.3 Å². The van der Waals surface area contributed by atoms with Gasteiger partial charge >= 0.3 is 0 Å². The van der Waals surface area contributed by atoms with E-state index < -0.39 is 0 Å². The Balaban J connectivity index is 1.62. The molecule has 162 valence electrons. The van der Waals surface area contributed by atoms with Gasteiger partial charge in [0, 0.05) is 11.1 Å². The normalized spacial score (nSPS) is 11.0. The van der Waals surface area contributed by atoms with Crippen LogP contribution in [-0.2, 0) is 6.54 Å². The summed E-state index contributed by atoms with van der Waals surface area (Å²) in [4.78, 5) is 13.0. The number of hydrogen-bond donors (Lipinski definition) is 0. The number of hydrogen-bond acceptors (Lipinski definition) is 4. The highest BCUT2D eigenvalue weighted by Gasteiger charge is 2.18. The van der Waals surface area contributed by atoms with Crippen LogP contribution in [0.2, 0.25) is 0 Å². The van der Waals surface area contributed by atoms with E-state index >= 15 is 0 Å². The molecule has 0 atom stereocenters. The third-order valence-corrected chi connectivity index (χ3v) is 6.44. The average molecular weight is 446 g/mol. The molecule has 0 aliphatic rings. The molecule has 1 heterocycles. The second kappa shape index (κ2) is 9.49. The summed E-state index contributed by atoms with van der Waals surface area (Å²) >= 11 is 1.37. The Morgan fingerprint density at radius 2 is 1.59 bits per heavy atom. The Morgan fingerprint density at radius 1 is 0.906 bits per heavy atom. The lowest BCUT2D eigenvalue weighted by Gasteiger charge is -2.11. The van der Waals surface area contributed by atoms with Gasteiger partial charge in [0.15, 0.2) is 16.8 Å². The number of carbonyl (C=O) groups is 1. The zero-order valence-corrected chi connectivity index (χ0v) is 19.1. The fraction of sp³-hybridized carbons (Fsp3) is 0.192. The number of aryl methyl sites for hydroxylation is 3. The fourth-order valence-corrected chi connectivity index (χ4v) is 4.41. The summed E-state index contributed by atoms with van der Waals surface area (Å²) in [6.07, 6.45) is 0. The van der Waals surface area contributed by atoms with E-state index in [1.165, 1.54) is 29.5 Å². The van der Waals surface area contributed by atoms with Gasteiger partial charge in [-0.05, 0) is 73.4 Å². The second-order valence-electron chi connectivity index (χ2n) is 7.85. The van der Waals surface area contributed by atoms with E-state index in [4.69, 9.17) is 0 Å². The number of Topliss-reactive ketones (excluding diaryl/α,β-unsaturated/α-hetero) is 1. The molecule has 0 bridgehead atoms. The topological polar surface area (TPSA) is 47.8 Å². The van der Waals surface area contributed by atoms with Gasteiger partial charge in [-0.3, -0.25) is 9.36 Å². The van der Waals surface area contributed by atoms with Crippen molar-refractivity contribution in [3.8, 4) is 11.4 Å². The summed E-state index contributed by atoms with van der Waals surface area (Å²) in [5, 5.41) is 9.38. The van der Waals surface area contributed by atoms with Gasteiger partial charge in [0.25, 0.3) is 0 Å². The van der Waals surface area contributed by atoms with E-state index in [1.54, 1.807) is 12.1 Å². The highest BCUT2D eigenvalue weighted by molar-refractivity contribution is 7.99. The maximum atomic E-state index is 13.4. The molecule has 4 aromatic rings. The van der Waals surface area contributed by atoms with E-state index in [0.29, 0.717) is 17.5 Å². The molecule has 0 N–H and O–H groups in total. The van der Waals surface area contributed by atoms with E-state index in [2.05, 4.69) is 16.3 Å². The first-order valence-corrected chi connectivity index (χ1v) is 11.4. The minimum Gasteiger partial charge on any atom is -0.298 e. The van der Waals surface area contributed by atoms with Crippen LogP contribution in [0.5, 0.6) is 0 Å². The van der Waals surface area contributed by atoms with Gasteiger partial charge in [-0.1, -0.05) is 48.2 Å². The standard InChI is InChI=1S/C26H24FN3OS/c1-17-13-19(3)23(14-18(17)2)24(31)16-32-26-29-28-25(21-9-11-22(27)12-10-21)30(26)15-20-7-5-4-6-8-20/h4-14H,15-16H2,1-3H3. The van der Waals surface area contributed by atoms with E-state index in [1.807, 2.05) is 61.7 Å². The van der Waals surface area contributed by atoms with Crippen molar-refractivity contribution in [2.45, 2.75) is 32.5 Å². The number of rotatable bonds is 7. The number of aromatic nitrogens is 3. The first-order chi connectivity index (χ1) is 15.4. The highest BCUT2D eigenvalue weighted by atomic mass is 32.2. The molecule has 0 unspecified atom stereocenters. The van der Waals surface area contributed by atoms with Crippen LogP contribution in [0, 0.1) is 26.6 Å². The quantitative estimate of drug-likeness (QED) is 0.257. The van der Waals surface area contributed by atoms with Crippen LogP contribution in [-0.4, -0.2) is 26.3 Å². The maximum Gasteiger partial charge on any atom is 0.192 e. The van der Waals surface area contributed by atoms with Crippen molar-refractivity contribution in [1.82, 2.24) is 14.8 Å². The molecule has 4 nitrogen and oxygen atoms in total. The minimum absolute atomic E-state index is 0.0631. The minimum atomic E-state index is -0.299. The first kappa shape index (κ1) is 22.0. The van der Waals surface area contributed by atoms with Crippen molar-refractivity contribution < 1.29 is 9.18 Å². The van der Waals surface area contributed by atoms with Crippen LogP contribution in [0.25, 0.3) is 11.4 Å². The molecule has 0 saturated heterocycles. The van der Waals surface area contributed by atoms with Crippen molar-refractivity contribution >= 4 is 17.5 Å². The van der Waals surface area contributed by atoms with Gasteiger partial charge in [-0.2, -0.15) is 0 Å². The lowest BCUT2D eigenvalue weighted by atomic mass is 9.99. The van der Waals surface area contributed by atoms with Gasteiger partial charge in [0.2, 0.25) is 0 Å². The molecule has 1 aromatic heterocycles. The summed E-state index contributed by atoms with van der Waals surface area (Å²) < 4.78 is 15.4. The highest BCUT2D eigenvalue weighted by Crippen LogP contribution is 2.27. The van der Waals surface area contributed by atoms with Crippen LogP contribution in [0.15, 0.2) is 71.9 Å². The number of benzene rings is 3. The molecule has 0 aliphatic heterocycles. The van der Waals surface area contributed by atoms with Crippen LogP contribution < -0.4 is 0 Å². The maximum absolute atomic E-state index is 13.4. The van der Waals surface area contributed by atoms with Gasteiger partial charge in [-0.15, -0.1) is 10.2 Å². The van der Waals surface area contributed by atoms with Crippen molar-refractivity contribution in [2.75, 3.05) is 5.75 Å². The SMILES string of the molecule is Cc1cc(C)c(C(=O)CSc2nnc(-c3ccc(F)cc3)n2Cc2ccccc2)cc1C. The Kier molecular flexibility index (Phi) is 6.51. The van der Waals surface area contributed by atoms with E-state index in [0.717, 1.165) is 27.8 Å². The second-order valence-corrected chi connectivity index (χ2v) is 8.79. The Morgan fingerprint density at radius 3 is 2.31 bits per heavy atom. The molecule has 0 radical (unpaired) electrons. The lowest BCUT2D eigenvalue weighted by molar-refractivity contribution is 0.102. The number of ketones is 1. The van der Waals surface area contributed by atoms with Crippen molar-refractivity contribution in [1.29, 1.82) is 0 Å². The Labute approximate surface area is 191 Å². The van der Waals surface area contributed by atoms with Crippen LogP contribution >= 0.6 is 11.8 Å². The van der Waals surface area contributed by atoms with Crippen molar-refractivity contribution in [3.63, 3.8) is 0 Å². The molecule has 0 aliphatic carbocycles. The molecule has 0 fully saturated rings. The van der Waals surface area contributed by atoms with Gasteiger partial charge in [0.1, 0.15) is 5.82 Å². The zero-order chi connectivity index (χ0) is 22.7. The zero-order valence-electron chi connectivity index (χ0n) is 18.3. The molecular weight excluding hydrogens is 421 g/mol. The number of halogens is 1. The molecular formula is C26H24FN3OS. The van der Waals surface area contributed by atoms with Crippen LogP contribution in [0.4, 0.5) is 4.39 Å². The summed E-state index contributed by atoms with van der Waals surface area (Å²) in [7, 11) is 0. The Bertz CT molecular complexity index is 1250. The third kappa shape index (κ3) is 4.81. The van der Waals surface area contributed by atoms with Crippen molar-refractivity contribution in [2.24, 2.45) is 0 Å². The molecule has 0 saturated carbocycles. The molecule has 0 spiro atoms. The summed E-state index contributed by atoms with van der Waals surface area (Å²) in [6, 6.07) is 20.2. The first-order valence-electron chi connectivity index (χ1n) is 10.4. The monoisotopic (exact) mass is 445 g/mol. The van der Waals surface area contributed by atoms with E-state index in [-0.39, 0.29) is 17.4 Å². The number of carbonyl (C=O) groups excluding carboxylic acids is 1. The lowest BCUT2D eigenvalue weighted by Crippen LogP contribution is -2.08. The number of nitrogens with zero attached hydrogens (tertiary/aromatic N) is 3. The predicted octanol–water partition coefficient (Wildman–Crippen LogP) is 6.03. The summed E-state index contributed by atoms with van der Waals surface area (Å²) in [5.41, 5.74) is 5.88. The molecule has 4 rings (SSSR count). The van der Waals surface area contributed by atoms with Crippen LogP contribution in [0.1, 0.15) is 32.6 Å².